The van der Waals surface area contributed by atoms with Crippen LogP contribution in [0.15, 0.2) is 24.3 Å². The smallest absolute Gasteiger partial charge is 0.316 e. The van der Waals surface area contributed by atoms with Crippen LogP contribution >= 0.6 is 0 Å². The Labute approximate surface area is 148 Å². The number of carbonyl (C=O) groups is 2. The summed E-state index contributed by atoms with van der Waals surface area (Å²) in [4.78, 5) is 25.8. The summed E-state index contributed by atoms with van der Waals surface area (Å²) in [5, 5.41) is 5.50. The Balaban J connectivity index is 1.96. The number of carbonyl (C=O) groups excluding carboxylic acids is 2. The van der Waals surface area contributed by atoms with Crippen molar-refractivity contribution in [2.45, 2.75) is 26.3 Å². The molecule has 0 spiro atoms. The Morgan fingerprint density at radius 3 is 2.64 bits per heavy atom. The molecule has 1 aromatic carbocycles. The molecule has 1 unspecified atom stereocenters. The van der Waals surface area contributed by atoms with Crippen molar-refractivity contribution in [3.63, 3.8) is 0 Å². The van der Waals surface area contributed by atoms with Gasteiger partial charge in [-0.25, -0.2) is 4.79 Å². The Morgan fingerprint density at radius 2 is 2.00 bits per heavy atom. The van der Waals surface area contributed by atoms with Gasteiger partial charge in [-0.3, -0.25) is 9.69 Å². The number of rotatable bonds is 7. The number of amides is 3. The van der Waals surface area contributed by atoms with Crippen LogP contribution in [0, 0.1) is 5.92 Å². The zero-order valence-electron chi connectivity index (χ0n) is 15.0. The van der Waals surface area contributed by atoms with E-state index in [1.54, 1.807) is 24.3 Å². The zero-order valence-corrected chi connectivity index (χ0v) is 15.0. The van der Waals surface area contributed by atoms with Crippen LogP contribution in [0.5, 0.6) is 0 Å². The summed E-state index contributed by atoms with van der Waals surface area (Å²) < 4.78 is 5.42. The molecule has 7 nitrogen and oxygen atoms in total. The van der Waals surface area contributed by atoms with Crippen molar-refractivity contribution in [1.29, 1.82) is 0 Å². The number of anilines is 1. The summed E-state index contributed by atoms with van der Waals surface area (Å²) in [6.07, 6.45) is 1.02. The highest BCUT2D eigenvalue weighted by molar-refractivity contribution is 5.96. The lowest BCUT2D eigenvalue weighted by Gasteiger charge is -2.35. The standard InChI is InChI=1S/C18H28N4O3/c1-13(2)10-16(22-6-8-25-9-7-22)12-20-17(23)14-4-3-5-15(11-14)21-18(19)24/h3-5,11,13,16H,6-10,12H2,1-2H3,(H,20,23)(H3,19,21,24). The van der Waals surface area contributed by atoms with Gasteiger partial charge in [-0.15, -0.1) is 0 Å². The average Bonchev–Trinajstić information content (AvgIpc) is 2.58. The Bertz CT molecular complexity index is 585. The molecule has 0 bridgehead atoms. The van der Waals surface area contributed by atoms with Gasteiger partial charge in [-0.1, -0.05) is 19.9 Å². The first-order chi connectivity index (χ1) is 12.0. The van der Waals surface area contributed by atoms with Gasteiger partial charge in [-0.2, -0.15) is 0 Å². The highest BCUT2D eigenvalue weighted by atomic mass is 16.5. The van der Waals surface area contributed by atoms with Crippen molar-refractivity contribution in [2.75, 3.05) is 38.2 Å². The topological polar surface area (TPSA) is 96.7 Å². The number of urea groups is 1. The molecule has 4 N–H and O–H groups in total. The molecule has 138 valence electrons. The van der Waals surface area contributed by atoms with E-state index < -0.39 is 6.03 Å². The number of hydrogen-bond acceptors (Lipinski definition) is 4. The molecular formula is C18H28N4O3. The Morgan fingerprint density at radius 1 is 1.28 bits per heavy atom. The van der Waals surface area contributed by atoms with E-state index in [0.29, 0.717) is 29.8 Å². The molecule has 0 aliphatic carbocycles. The molecule has 1 fully saturated rings. The second kappa shape index (κ2) is 9.39. The van der Waals surface area contributed by atoms with E-state index in [4.69, 9.17) is 10.5 Å². The molecule has 1 aliphatic rings. The summed E-state index contributed by atoms with van der Waals surface area (Å²) in [5.74, 6) is 0.392. The molecule has 2 rings (SSSR count). The van der Waals surface area contributed by atoms with Gasteiger partial charge in [-0.05, 0) is 30.5 Å². The fraction of sp³-hybridized carbons (Fsp3) is 0.556. The average molecular weight is 348 g/mol. The van der Waals surface area contributed by atoms with Gasteiger partial charge >= 0.3 is 6.03 Å². The van der Waals surface area contributed by atoms with Crippen LogP contribution in [-0.2, 0) is 4.74 Å². The lowest BCUT2D eigenvalue weighted by molar-refractivity contribution is 0.0124. The van der Waals surface area contributed by atoms with Gasteiger partial charge in [0.25, 0.3) is 5.91 Å². The van der Waals surface area contributed by atoms with Gasteiger partial charge in [0.05, 0.1) is 13.2 Å². The number of nitrogens with one attached hydrogen (secondary N) is 2. The summed E-state index contributed by atoms with van der Waals surface area (Å²) in [5.41, 5.74) is 6.11. The number of morpholine rings is 1. The minimum atomic E-state index is -0.651. The van der Waals surface area contributed by atoms with Crippen LogP contribution in [0.4, 0.5) is 10.5 Å². The first-order valence-corrected chi connectivity index (χ1v) is 8.72. The fourth-order valence-corrected chi connectivity index (χ4v) is 3.04. The molecule has 0 saturated carbocycles. The van der Waals surface area contributed by atoms with Gasteiger partial charge in [0.1, 0.15) is 0 Å². The van der Waals surface area contributed by atoms with Crippen molar-refractivity contribution in [3.05, 3.63) is 29.8 Å². The van der Waals surface area contributed by atoms with Crippen LogP contribution in [0.1, 0.15) is 30.6 Å². The largest absolute Gasteiger partial charge is 0.379 e. The SMILES string of the molecule is CC(C)CC(CNC(=O)c1cccc(NC(N)=O)c1)N1CCOCC1. The quantitative estimate of drug-likeness (QED) is 0.698. The maximum absolute atomic E-state index is 12.5. The van der Waals surface area contributed by atoms with E-state index in [1.165, 1.54) is 0 Å². The van der Waals surface area contributed by atoms with Gasteiger partial charge < -0.3 is 21.1 Å². The van der Waals surface area contributed by atoms with Crippen LogP contribution < -0.4 is 16.4 Å². The Kier molecular flexibility index (Phi) is 7.21. The van der Waals surface area contributed by atoms with Crippen LogP contribution in [-0.4, -0.2) is 55.7 Å². The minimum absolute atomic E-state index is 0.157. The summed E-state index contributed by atoms with van der Waals surface area (Å²) >= 11 is 0. The van der Waals surface area contributed by atoms with Crippen molar-refractivity contribution >= 4 is 17.6 Å². The second-order valence-electron chi connectivity index (χ2n) is 6.71. The van der Waals surface area contributed by atoms with Crippen molar-refractivity contribution in [3.8, 4) is 0 Å². The minimum Gasteiger partial charge on any atom is -0.379 e. The van der Waals surface area contributed by atoms with Crippen molar-refractivity contribution in [1.82, 2.24) is 10.2 Å². The van der Waals surface area contributed by atoms with Crippen LogP contribution in [0.25, 0.3) is 0 Å². The molecule has 1 aromatic rings. The predicted octanol–water partition coefficient (Wildman–Crippen LogP) is 1.65. The van der Waals surface area contributed by atoms with Crippen LogP contribution in [0.2, 0.25) is 0 Å². The van der Waals surface area contributed by atoms with E-state index >= 15 is 0 Å². The number of hydrogen-bond donors (Lipinski definition) is 3. The first kappa shape index (κ1) is 19.2. The molecule has 7 heteroatoms. The Hall–Kier alpha value is -2.12. The maximum atomic E-state index is 12.5. The number of ether oxygens (including phenoxy) is 1. The van der Waals surface area contributed by atoms with Crippen molar-refractivity contribution in [2.24, 2.45) is 11.7 Å². The first-order valence-electron chi connectivity index (χ1n) is 8.72. The maximum Gasteiger partial charge on any atom is 0.316 e. The van der Waals surface area contributed by atoms with Crippen LogP contribution in [0.3, 0.4) is 0 Å². The summed E-state index contributed by atoms with van der Waals surface area (Å²) in [7, 11) is 0. The number of primary amides is 1. The summed E-state index contributed by atoms with van der Waals surface area (Å²) in [6, 6.07) is 6.38. The lowest BCUT2D eigenvalue weighted by atomic mass is 10.0. The highest BCUT2D eigenvalue weighted by Gasteiger charge is 2.22. The van der Waals surface area contributed by atoms with E-state index in [0.717, 1.165) is 32.7 Å². The molecule has 1 saturated heterocycles. The highest BCUT2D eigenvalue weighted by Crippen LogP contribution is 2.14. The normalized spacial score (nSPS) is 16.4. The van der Waals surface area contributed by atoms with Gasteiger partial charge in [0.15, 0.2) is 0 Å². The fourth-order valence-electron chi connectivity index (χ4n) is 3.04. The monoisotopic (exact) mass is 348 g/mol. The molecule has 1 heterocycles. The van der Waals surface area contributed by atoms with Gasteiger partial charge in [0, 0.05) is 36.9 Å². The van der Waals surface area contributed by atoms with E-state index in [9.17, 15) is 9.59 Å². The lowest BCUT2D eigenvalue weighted by Crippen LogP contribution is -2.49. The van der Waals surface area contributed by atoms with E-state index in [-0.39, 0.29) is 5.91 Å². The predicted molar refractivity (Wildman–Crippen MR) is 97.6 cm³/mol. The molecule has 25 heavy (non-hydrogen) atoms. The van der Waals surface area contributed by atoms with E-state index in [2.05, 4.69) is 29.4 Å². The molecule has 0 radical (unpaired) electrons. The number of benzene rings is 1. The number of nitrogens with zero attached hydrogens (tertiary/aromatic N) is 1. The summed E-state index contributed by atoms with van der Waals surface area (Å²) in [6.45, 7) is 8.23. The number of nitrogens with two attached hydrogens (primary N) is 1. The molecule has 3 amide bonds. The van der Waals surface area contributed by atoms with Crippen molar-refractivity contribution < 1.29 is 14.3 Å². The van der Waals surface area contributed by atoms with Gasteiger partial charge in [0.2, 0.25) is 0 Å². The third-order valence-corrected chi connectivity index (χ3v) is 4.20. The zero-order chi connectivity index (χ0) is 18.2. The second-order valence-corrected chi connectivity index (χ2v) is 6.71. The molecule has 1 atom stereocenters. The molecule has 0 aromatic heterocycles. The molecular weight excluding hydrogens is 320 g/mol. The molecule has 1 aliphatic heterocycles. The third-order valence-electron chi connectivity index (χ3n) is 4.20. The third kappa shape index (κ3) is 6.36. The van der Waals surface area contributed by atoms with E-state index in [1.807, 2.05) is 0 Å².